The average Bonchev–Trinajstić information content (AvgIpc) is 3.43. The first-order valence-corrected chi connectivity index (χ1v) is 11.2. The van der Waals surface area contributed by atoms with E-state index < -0.39 is 0 Å². The van der Waals surface area contributed by atoms with Crippen molar-refractivity contribution in [3.63, 3.8) is 0 Å². The summed E-state index contributed by atoms with van der Waals surface area (Å²) in [4.78, 5) is 24.3. The first kappa shape index (κ1) is 23.8. The SMILES string of the molecule is O=C(COc1cccc(NC(=O)c2ccco2)c1)NCc1ccc(COCc2ccccc2)cc1. The molecule has 0 bridgehead atoms. The van der Waals surface area contributed by atoms with Gasteiger partial charge < -0.3 is 24.5 Å². The molecule has 2 amide bonds. The molecule has 0 aliphatic carbocycles. The molecule has 0 aliphatic heterocycles. The lowest BCUT2D eigenvalue weighted by Crippen LogP contribution is -2.28. The Bertz CT molecular complexity index is 1220. The first-order chi connectivity index (χ1) is 17.2. The summed E-state index contributed by atoms with van der Waals surface area (Å²) in [6.45, 7) is 1.35. The zero-order valence-electron chi connectivity index (χ0n) is 19.1. The van der Waals surface area contributed by atoms with Crippen LogP contribution < -0.4 is 15.4 Å². The smallest absolute Gasteiger partial charge is 0.291 e. The summed E-state index contributed by atoms with van der Waals surface area (Å²) in [6, 6.07) is 28.0. The van der Waals surface area contributed by atoms with Crippen LogP contribution in [0, 0.1) is 0 Å². The van der Waals surface area contributed by atoms with E-state index in [-0.39, 0.29) is 24.2 Å². The molecule has 1 aromatic heterocycles. The minimum absolute atomic E-state index is 0.138. The van der Waals surface area contributed by atoms with Crippen LogP contribution in [0.4, 0.5) is 5.69 Å². The molecule has 0 radical (unpaired) electrons. The highest BCUT2D eigenvalue weighted by Crippen LogP contribution is 2.18. The standard InChI is InChI=1S/C28H26N2O5/c31-27(20-35-25-9-4-8-24(16-25)30-28(32)26-10-5-15-34-26)29-17-21-11-13-23(14-12-21)19-33-18-22-6-2-1-3-7-22/h1-16H,17-20H2,(H,29,31)(H,30,32). The fourth-order valence-corrected chi connectivity index (χ4v) is 3.28. The molecule has 0 saturated carbocycles. The predicted molar refractivity (Wildman–Crippen MR) is 132 cm³/mol. The van der Waals surface area contributed by atoms with E-state index in [0.29, 0.717) is 31.2 Å². The number of hydrogen-bond acceptors (Lipinski definition) is 5. The molecule has 1 heterocycles. The normalized spacial score (nSPS) is 10.5. The van der Waals surface area contributed by atoms with Crippen LogP contribution in [0.3, 0.4) is 0 Å². The number of rotatable bonds is 11. The summed E-state index contributed by atoms with van der Waals surface area (Å²) >= 11 is 0. The van der Waals surface area contributed by atoms with Gasteiger partial charge in [-0.25, -0.2) is 0 Å². The largest absolute Gasteiger partial charge is 0.484 e. The van der Waals surface area contributed by atoms with Crippen LogP contribution in [0.1, 0.15) is 27.2 Å². The van der Waals surface area contributed by atoms with E-state index in [1.54, 1.807) is 36.4 Å². The maximum atomic E-state index is 12.2. The van der Waals surface area contributed by atoms with E-state index in [1.807, 2.05) is 54.6 Å². The van der Waals surface area contributed by atoms with Crippen LogP contribution >= 0.6 is 0 Å². The first-order valence-electron chi connectivity index (χ1n) is 11.2. The van der Waals surface area contributed by atoms with E-state index in [1.165, 1.54) is 6.26 Å². The Morgan fingerprint density at radius 3 is 2.26 bits per heavy atom. The highest BCUT2D eigenvalue weighted by Gasteiger charge is 2.09. The highest BCUT2D eigenvalue weighted by atomic mass is 16.5. The summed E-state index contributed by atoms with van der Waals surface area (Å²) in [7, 11) is 0. The molecular weight excluding hydrogens is 444 g/mol. The summed E-state index contributed by atoms with van der Waals surface area (Å²) in [5.74, 6) is 0.0738. The lowest BCUT2D eigenvalue weighted by Gasteiger charge is -2.10. The number of anilines is 1. The molecule has 178 valence electrons. The van der Waals surface area contributed by atoms with Gasteiger partial charge in [-0.3, -0.25) is 9.59 Å². The van der Waals surface area contributed by atoms with Gasteiger partial charge in [0.2, 0.25) is 0 Å². The van der Waals surface area contributed by atoms with Crippen molar-refractivity contribution >= 4 is 17.5 Å². The van der Waals surface area contributed by atoms with Gasteiger partial charge in [-0.1, -0.05) is 60.7 Å². The third-order valence-corrected chi connectivity index (χ3v) is 5.10. The third kappa shape index (κ3) is 7.58. The van der Waals surface area contributed by atoms with Crippen molar-refractivity contribution in [2.45, 2.75) is 19.8 Å². The fraction of sp³-hybridized carbons (Fsp3) is 0.143. The van der Waals surface area contributed by atoms with Gasteiger partial charge in [-0.05, 0) is 41.0 Å². The Hall–Kier alpha value is -4.36. The lowest BCUT2D eigenvalue weighted by molar-refractivity contribution is -0.123. The van der Waals surface area contributed by atoms with E-state index >= 15 is 0 Å². The molecule has 0 spiro atoms. The molecule has 0 fully saturated rings. The number of amides is 2. The van der Waals surface area contributed by atoms with Crippen molar-refractivity contribution in [3.05, 3.63) is 120 Å². The van der Waals surface area contributed by atoms with Gasteiger partial charge in [-0.2, -0.15) is 0 Å². The van der Waals surface area contributed by atoms with Gasteiger partial charge in [-0.15, -0.1) is 0 Å². The van der Waals surface area contributed by atoms with Crippen LogP contribution in [-0.4, -0.2) is 18.4 Å². The van der Waals surface area contributed by atoms with Gasteiger partial charge in [0.15, 0.2) is 12.4 Å². The average molecular weight is 471 g/mol. The minimum Gasteiger partial charge on any atom is -0.484 e. The molecule has 7 nitrogen and oxygen atoms in total. The molecule has 7 heteroatoms. The topological polar surface area (TPSA) is 89.8 Å². The van der Waals surface area contributed by atoms with Crippen LogP contribution in [0.2, 0.25) is 0 Å². The van der Waals surface area contributed by atoms with Crippen LogP contribution in [0.5, 0.6) is 5.75 Å². The Balaban J connectivity index is 1.17. The zero-order valence-corrected chi connectivity index (χ0v) is 19.1. The van der Waals surface area contributed by atoms with Crippen molar-refractivity contribution in [1.29, 1.82) is 0 Å². The van der Waals surface area contributed by atoms with E-state index in [2.05, 4.69) is 10.6 Å². The van der Waals surface area contributed by atoms with Crippen LogP contribution in [0.15, 0.2) is 102 Å². The van der Waals surface area contributed by atoms with Crippen molar-refractivity contribution < 1.29 is 23.5 Å². The quantitative estimate of drug-likeness (QED) is 0.324. The molecule has 0 aliphatic rings. The second kappa shape index (κ2) is 12.2. The Morgan fingerprint density at radius 2 is 1.51 bits per heavy atom. The maximum absolute atomic E-state index is 12.2. The number of carbonyl (C=O) groups is 2. The molecule has 3 aromatic carbocycles. The van der Waals surface area contributed by atoms with Crippen molar-refractivity contribution in [2.75, 3.05) is 11.9 Å². The fourth-order valence-electron chi connectivity index (χ4n) is 3.28. The summed E-state index contributed by atoms with van der Waals surface area (Å²) in [6.07, 6.45) is 1.43. The van der Waals surface area contributed by atoms with Crippen molar-refractivity contribution in [1.82, 2.24) is 5.32 Å². The molecule has 2 N–H and O–H groups in total. The Morgan fingerprint density at radius 1 is 0.771 bits per heavy atom. The van der Waals surface area contributed by atoms with Crippen molar-refractivity contribution in [3.8, 4) is 5.75 Å². The second-order valence-electron chi connectivity index (χ2n) is 7.82. The zero-order chi connectivity index (χ0) is 24.3. The summed E-state index contributed by atoms with van der Waals surface area (Å²) < 4.78 is 16.4. The van der Waals surface area contributed by atoms with Crippen LogP contribution in [-0.2, 0) is 29.3 Å². The summed E-state index contributed by atoms with van der Waals surface area (Å²) in [5.41, 5.74) is 3.72. The van der Waals surface area contributed by atoms with Crippen molar-refractivity contribution in [2.24, 2.45) is 0 Å². The number of nitrogens with one attached hydrogen (secondary N) is 2. The molecule has 4 aromatic rings. The number of furan rings is 1. The molecule has 4 rings (SSSR count). The number of benzene rings is 3. The number of ether oxygens (including phenoxy) is 2. The third-order valence-electron chi connectivity index (χ3n) is 5.10. The van der Waals surface area contributed by atoms with Gasteiger partial charge in [0, 0.05) is 18.3 Å². The lowest BCUT2D eigenvalue weighted by atomic mass is 10.1. The van der Waals surface area contributed by atoms with Crippen LogP contribution in [0.25, 0.3) is 0 Å². The van der Waals surface area contributed by atoms with Gasteiger partial charge in [0.25, 0.3) is 11.8 Å². The second-order valence-corrected chi connectivity index (χ2v) is 7.82. The van der Waals surface area contributed by atoms with Gasteiger partial charge >= 0.3 is 0 Å². The number of hydrogen-bond donors (Lipinski definition) is 2. The van der Waals surface area contributed by atoms with Gasteiger partial charge in [0.1, 0.15) is 5.75 Å². The summed E-state index contributed by atoms with van der Waals surface area (Å²) in [5, 5.41) is 5.56. The predicted octanol–water partition coefficient (Wildman–Crippen LogP) is 4.94. The number of carbonyl (C=O) groups excluding carboxylic acids is 2. The van der Waals surface area contributed by atoms with E-state index in [9.17, 15) is 9.59 Å². The minimum atomic E-state index is -0.362. The van der Waals surface area contributed by atoms with E-state index in [0.717, 1.165) is 16.7 Å². The Labute approximate surface area is 203 Å². The molecule has 35 heavy (non-hydrogen) atoms. The molecule has 0 unspecified atom stereocenters. The van der Waals surface area contributed by atoms with E-state index in [4.69, 9.17) is 13.9 Å². The molecule has 0 atom stereocenters. The Kier molecular flexibility index (Phi) is 8.29. The van der Waals surface area contributed by atoms with Gasteiger partial charge in [0.05, 0.1) is 19.5 Å². The molecule has 0 saturated heterocycles. The molecular formula is C28H26N2O5. The maximum Gasteiger partial charge on any atom is 0.291 e. The monoisotopic (exact) mass is 470 g/mol. The highest BCUT2D eigenvalue weighted by molar-refractivity contribution is 6.02.